The van der Waals surface area contributed by atoms with Gasteiger partial charge in [0.1, 0.15) is 0 Å². The predicted molar refractivity (Wildman–Crippen MR) is 185 cm³/mol. The van der Waals surface area contributed by atoms with E-state index in [9.17, 15) is 0 Å². The molecule has 5 heteroatoms. The number of thiophene rings is 1. The second-order valence-electron chi connectivity index (χ2n) is 11.5. The second-order valence-corrected chi connectivity index (χ2v) is 14.7. The number of allylic oxidation sites excluding steroid dienone is 4. The van der Waals surface area contributed by atoms with E-state index in [2.05, 4.69) is 139 Å². The van der Waals surface area contributed by atoms with Crippen molar-refractivity contribution in [3.8, 4) is 10.4 Å². The monoisotopic (exact) mass is 604 g/mol. The third kappa shape index (κ3) is 5.16. The molecule has 0 amide bonds. The molecule has 3 heterocycles. The van der Waals surface area contributed by atoms with Gasteiger partial charge in [0.15, 0.2) is 0 Å². The minimum absolute atomic E-state index is 0.0426. The molecule has 0 fully saturated rings. The maximum absolute atomic E-state index is 2.58. The molecule has 3 aliphatic rings. The predicted octanol–water partition coefficient (Wildman–Crippen LogP) is 10.8. The minimum atomic E-state index is 0.0426. The highest BCUT2D eigenvalue weighted by Crippen LogP contribution is 2.50. The van der Waals surface area contributed by atoms with E-state index < -0.39 is 0 Å². The maximum Gasteiger partial charge on any atom is 0.0988 e. The van der Waals surface area contributed by atoms with Crippen LogP contribution in [0.3, 0.4) is 0 Å². The summed E-state index contributed by atoms with van der Waals surface area (Å²) in [5.41, 5.74) is 8.32. The van der Waals surface area contributed by atoms with Crippen molar-refractivity contribution in [2.75, 3.05) is 22.9 Å². The Morgan fingerprint density at radius 2 is 1.69 bits per heavy atom. The first-order valence-corrected chi connectivity index (χ1v) is 17.5. The molecule has 2 unspecified atom stereocenters. The normalized spacial score (nSPS) is 23.4. The summed E-state index contributed by atoms with van der Waals surface area (Å²) in [7, 11) is 0. The Hall–Kier alpha value is -3.12. The van der Waals surface area contributed by atoms with Gasteiger partial charge in [0.25, 0.3) is 0 Å². The molecule has 4 aromatic rings. The molecule has 7 rings (SSSR count). The number of likely N-dealkylation sites (N-methyl/N-ethyl adjacent to an activating group) is 1. The smallest absolute Gasteiger partial charge is 0.0988 e. The molecule has 0 saturated heterocycles. The lowest BCUT2D eigenvalue weighted by Gasteiger charge is -2.36. The fourth-order valence-electron chi connectivity index (χ4n) is 6.62. The maximum atomic E-state index is 2.58. The van der Waals surface area contributed by atoms with Gasteiger partial charge in [-0.2, -0.15) is 0 Å². The van der Waals surface area contributed by atoms with Crippen molar-refractivity contribution < 1.29 is 0 Å². The summed E-state index contributed by atoms with van der Waals surface area (Å²) in [6.45, 7) is 8.95. The first-order chi connectivity index (χ1) is 20.5. The fraction of sp³-hybridized carbons (Fsp3) is 0.243. The van der Waals surface area contributed by atoms with Crippen molar-refractivity contribution in [3.63, 3.8) is 0 Å². The van der Waals surface area contributed by atoms with Crippen molar-refractivity contribution in [2.45, 2.75) is 54.2 Å². The van der Waals surface area contributed by atoms with Crippen LogP contribution in [0.15, 0.2) is 135 Å². The van der Waals surface area contributed by atoms with Gasteiger partial charge in [0.05, 0.1) is 21.8 Å². The molecule has 0 saturated carbocycles. The molecular weight excluding hydrogens is 569 g/mol. The van der Waals surface area contributed by atoms with E-state index >= 15 is 0 Å². The summed E-state index contributed by atoms with van der Waals surface area (Å²) in [5.74, 6) is 0. The average Bonchev–Trinajstić information content (AvgIpc) is 3.74. The second kappa shape index (κ2) is 11.5. The standard InChI is InChI=1S/C37H36N2S3/c1-4-38-30-14-9-10-15-33(30)41-35(38)21-26-20-27(25-37(3,24-26)29-12-7-6-8-13-29)22-36-39(5-2)31-23-28(17-18-34(31)42-36)32-16-11-19-40-32/h6-23,36H,4-5,24-25H2,1-3H3/b27-22-,35-21-. The van der Waals surface area contributed by atoms with Gasteiger partial charge in [0.2, 0.25) is 0 Å². The molecule has 3 aromatic carbocycles. The van der Waals surface area contributed by atoms with Gasteiger partial charge in [-0.05, 0) is 96.8 Å². The summed E-state index contributed by atoms with van der Waals surface area (Å²) in [6, 6.07) is 31.3. The van der Waals surface area contributed by atoms with Crippen LogP contribution in [0.2, 0.25) is 0 Å². The van der Waals surface area contributed by atoms with E-state index in [1.54, 1.807) is 0 Å². The lowest BCUT2D eigenvalue weighted by molar-refractivity contribution is 0.457. The van der Waals surface area contributed by atoms with Crippen molar-refractivity contribution in [2.24, 2.45) is 0 Å². The number of para-hydroxylation sites is 1. The van der Waals surface area contributed by atoms with Crippen LogP contribution in [0.25, 0.3) is 10.4 Å². The number of rotatable bonds is 6. The molecule has 42 heavy (non-hydrogen) atoms. The van der Waals surface area contributed by atoms with Crippen molar-refractivity contribution >= 4 is 46.2 Å². The Labute approximate surface area is 262 Å². The number of nitrogens with zero attached hydrogens (tertiary/aromatic N) is 2. The zero-order chi connectivity index (χ0) is 28.7. The lowest BCUT2D eigenvalue weighted by atomic mass is 9.69. The van der Waals surface area contributed by atoms with Crippen molar-refractivity contribution in [1.82, 2.24) is 0 Å². The molecule has 0 spiro atoms. The quantitative estimate of drug-likeness (QED) is 0.216. The van der Waals surface area contributed by atoms with Crippen LogP contribution in [0.5, 0.6) is 0 Å². The first-order valence-electron chi connectivity index (χ1n) is 14.9. The summed E-state index contributed by atoms with van der Waals surface area (Å²) in [4.78, 5) is 9.11. The summed E-state index contributed by atoms with van der Waals surface area (Å²) < 4.78 is 0. The van der Waals surface area contributed by atoms with E-state index in [-0.39, 0.29) is 5.41 Å². The fourth-order valence-corrected chi connectivity index (χ4v) is 9.88. The highest BCUT2D eigenvalue weighted by atomic mass is 32.2. The third-order valence-electron chi connectivity index (χ3n) is 8.62. The summed E-state index contributed by atoms with van der Waals surface area (Å²) in [5, 5.41) is 3.79. The number of anilines is 2. The van der Waals surface area contributed by atoms with Gasteiger partial charge >= 0.3 is 0 Å². The molecule has 0 radical (unpaired) electrons. The molecule has 0 bridgehead atoms. The molecule has 2 atom stereocenters. The summed E-state index contributed by atoms with van der Waals surface area (Å²) in [6.07, 6.45) is 9.57. The van der Waals surface area contributed by atoms with Crippen LogP contribution < -0.4 is 9.80 Å². The van der Waals surface area contributed by atoms with Crippen LogP contribution in [0.4, 0.5) is 11.4 Å². The minimum Gasteiger partial charge on any atom is -0.355 e. The van der Waals surface area contributed by atoms with Crippen LogP contribution in [0.1, 0.15) is 39.2 Å². The van der Waals surface area contributed by atoms with Gasteiger partial charge in [-0.3, -0.25) is 0 Å². The van der Waals surface area contributed by atoms with E-state index in [1.807, 2.05) is 34.9 Å². The number of hydrogen-bond donors (Lipinski definition) is 0. The third-order valence-corrected chi connectivity index (χ3v) is 11.9. The number of benzene rings is 3. The Kier molecular flexibility index (Phi) is 7.60. The van der Waals surface area contributed by atoms with Crippen LogP contribution >= 0.6 is 34.9 Å². The topological polar surface area (TPSA) is 6.48 Å². The molecule has 2 aliphatic heterocycles. The molecular formula is C37H36N2S3. The molecule has 1 aromatic heterocycles. The molecule has 1 aliphatic carbocycles. The van der Waals surface area contributed by atoms with Gasteiger partial charge < -0.3 is 9.80 Å². The highest BCUT2D eigenvalue weighted by Gasteiger charge is 2.35. The number of fused-ring (bicyclic) bond motifs is 2. The van der Waals surface area contributed by atoms with Crippen molar-refractivity contribution in [3.05, 3.63) is 130 Å². The van der Waals surface area contributed by atoms with Crippen LogP contribution in [-0.2, 0) is 5.41 Å². The van der Waals surface area contributed by atoms with Crippen LogP contribution in [-0.4, -0.2) is 18.5 Å². The van der Waals surface area contributed by atoms with Gasteiger partial charge in [-0.25, -0.2) is 0 Å². The molecule has 0 N–H and O–H groups in total. The van der Waals surface area contributed by atoms with E-state index in [1.165, 1.54) is 53.3 Å². The largest absolute Gasteiger partial charge is 0.355 e. The molecule has 212 valence electrons. The zero-order valence-electron chi connectivity index (χ0n) is 24.4. The average molecular weight is 605 g/mol. The Morgan fingerprint density at radius 1 is 0.857 bits per heavy atom. The van der Waals surface area contributed by atoms with Crippen molar-refractivity contribution in [1.29, 1.82) is 0 Å². The van der Waals surface area contributed by atoms with E-state index in [0.717, 1.165) is 25.9 Å². The summed E-state index contributed by atoms with van der Waals surface area (Å²) >= 11 is 5.71. The van der Waals surface area contributed by atoms with Crippen LogP contribution in [0, 0.1) is 0 Å². The van der Waals surface area contributed by atoms with E-state index in [0.29, 0.717) is 5.37 Å². The number of thioether (sulfide) groups is 2. The van der Waals surface area contributed by atoms with Gasteiger partial charge in [-0.1, -0.05) is 91.1 Å². The van der Waals surface area contributed by atoms with Gasteiger partial charge in [0, 0.05) is 33.2 Å². The zero-order valence-corrected chi connectivity index (χ0v) is 26.9. The highest BCUT2D eigenvalue weighted by molar-refractivity contribution is 8.03. The number of hydrogen-bond acceptors (Lipinski definition) is 5. The van der Waals surface area contributed by atoms with E-state index in [4.69, 9.17) is 0 Å². The Bertz CT molecular complexity index is 1690. The molecule has 2 nitrogen and oxygen atoms in total. The van der Waals surface area contributed by atoms with Gasteiger partial charge in [-0.15, -0.1) is 11.3 Å². The Balaban J connectivity index is 1.25. The SMILES string of the molecule is CCN1/C(=C/C2=CC(=C/C3Sc4ccc(-c5cccs5)cc4N3CC)/CC(C)(c3ccccc3)C2)Sc2ccccc21. The first kappa shape index (κ1) is 27.7. The lowest BCUT2D eigenvalue weighted by Crippen LogP contribution is -2.30. The Morgan fingerprint density at radius 3 is 2.48 bits per heavy atom.